The molecule has 0 radical (unpaired) electrons. The van der Waals surface area contributed by atoms with Crippen molar-refractivity contribution in [3.8, 4) is 0 Å². The third-order valence-electron chi connectivity index (χ3n) is 4.76. The van der Waals surface area contributed by atoms with Crippen molar-refractivity contribution < 1.29 is 0 Å². The van der Waals surface area contributed by atoms with Crippen LogP contribution in [0, 0.1) is 0 Å². The minimum atomic E-state index is -0.340. The molecule has 7 heteroatoms. The van der Waals surface area contributed by atoms with Crippen LogP contribution < -0.4 is 15.9 Å². The summed E-state index contributed by atoms with van der Waals surface area (Å²) in [6.07, 6.45) is -0.340. The number of nitrogens with zero attached hydrogens (tertiary/aromatic N) is 3. The largest absolute Gasteiger partial charge is 0.293 e. The van der Waals surface area contributed by atoms with E-state index in [4.69, 9.17) is 28.2 Å². The van der Waals surface area contributed by atoms with E-state index in [9.17, 15) is 4.79 Å². The molecule has 5 rings (SSSR count). The molecule has 0 aliphatic carbocycles. The molecule has 1 unspecified atom stereocenters. The van der Waals surface area contributed by atoms with Crippen molar-refractivity contribution in [2.45, 2.75) is 6.17 Å². The van der Waals surface area contributed by atoms with Crippen LogP contribution in [0.15, 0.2) is 77.6 Å². The summed E-state index contributed by atoms with van der Waals surface area (Å²) in [6.45, 7) is 0. The standard InChI is InChI=1S/C21H14Cl2N4O/c22-14-10-8-13(9-11-14)19-25-27-20(28)17-6-1-2-7-18(17)24-21(27)26(19)16-5-3-4-15(23)12-16/h1-12,19,25H. The van der Waals surface area contributed by atoms with E-state index >= 15 is 0 Å². The Morgan fingerprint density at radius 1 is 0.893 bits per heavy atom. The van der Waals surface area contributed by atoms with E-state index in [0.717, 1.165) is 11.3 Å². The van der Waals surface area contributed by atoms with Crippen LogP contribution in [0.1, 0.15) is 11.7 Å². The van der Waals surface area contributed by atoms with E-state index in [2.05, 4.69) is 5.43 Å². The molecule has 1 aromatic heterocycles. The quantitative estimate of drug-likeness (QED) is 0.501. The molecule has 3 aromatic carbocycles. The number of benzene rings is 3. The zero-order valence-corrected chi connectivity index (χ0v) is 16.0. The summed E-state index contributed by atoms with van der Waals surface area (Å²) in [5, 5.41) is 1.81. The summed E-state index contributed by atoms with van der Waals surface area (Å²) in [5.74, 6) is 0.505. The second-order valence-electron chi connectivity index (χ2n) is 6.50. The van der Waals surface area contributed by atoms with Gasteiger partial charge in [-0.1, -0.05) is 53.5 Å². The van der Waals surface area contributed by atoms with Gasteiger partial charge in [0.25, 0.3) is 5.56 Å². The Labute approximate surface area is 170 Å². The number of fused-ring (bicyclic) bond motifs is 2. The van der Waals surface area contributed by atoms with Crippen molar-refractivity contribution >= 4 is 45.7 Å². The summed E-state index contributed by atoms with van der Waals surface area (Å²) in [7, 11) is 0. The van der Waals surface area contributed by atoms with Crippen LogP contribution in [-0.4, -0.2) is 9.66 Å². The average Bonchev–Trinajstić information content (AvgIpc) is 3.08. The van der Waals surface area contributed by atoms with E-state index < -0.39 is 0 Å². The Bertz CT molecular complexity index is 1250. The maximum absolute atomic E-state index is 13.1. The van der Waals surface area contributed by atoms with Crippen molar-refractivity contribution in [2.75, 3.05) is 10.3 Å². The van der Waals surface area contributed by atoms with Gasteiger partial charge in [0.05, 0.1) is 10.9 Å². The van der Waals surface area contributed by atoms with Gasteiger partial charge in [0.2, 0.25) is 5.95 Å². The average molecular weight is 409 g/mol. The topological polar surface area (TPSA) is 50.2 Å². The summed E-state index contributed by atoms with van der Waals surface area (Å²) in [6, 6.07) is 22.3. The van der Waals surface area contributed by atoms with Gasteiger partial charge in [-0.05, 0) is 48.0 Å². The molecule has 5 nitrogen and oxygen atoms in total. The summed E-state index contributed by atoms with van der Waals surface area (Å²) < 4.78 is 1.49. The second kappa shape index (κ2) is 6.55. The highest BCUT2D eigenvalue weighted by molar-refractivity contribution is 6.31. The molecule has 1 N–H and O–H groups in total. The fourth-order valence-electron chi connectivity index (χ4n) is 3.45. The molecule has 28 heavy (non-hydrogen) atoms. The van der Waals surface area contributed by atoms with E-state index in [1.165, 1.54) is 4.68 Å². The molecule has 0 spiro atoms. The lowest BCUT2D eigenvalue weighted by Crippen LogP contribution is -2.27. The van der Waals surface area contributed by atoms with Crippen molar-refractivity contribution in [3.63, 3.8) is 0 Å². The minimum Gasteiger partial charge on any atom is -0.293 e. The molecule has 0 saturated carbocycles. The first kappa shape index (κ1) is 17.1. The predicted octanol–water partition coefficient (Wildman–Crippen LogP) is 5.10. The van der Waals surface area contributed by atoms with E-state index in [-0.39, 0.29) is 11.7 Å². The van der Waals surface area contributed by atoms with Crippen molar-refractivity contribution in [3.05, 3.63) is 98.8 Å². The molecule has 0 fully saturated rings. The van der Waals surface area contributed by atoms with Gasteiger partial charge in [-0.3, -0.25) is 15.1 Å². The van der Waals surface area contributed by atoms with Gasteiger partial charge in [0, 0.05) is 15.7 Å². The zero-order chi connectivity index (χ0) is 19.3. The molecule has 138 valence electrons. The first-order chi connectivity index (χ1) is 13.6. The van der Waals surface area contributed by atoms with Gasteiger partial charge in [0.15, 0.2) is 0 Å². The Morgan fingerprint density at radius 3 is 2.46 bits per heavy atom. The SMILES string of the molecule is O=c1c2ccccc2nc2n1NC(c1ccc(Cl)cc1)N2c1cccc(Cl)c1. The monoisotopic (exact) mass is 408 g/mol. The molecule has 0 bridgehead atoms. The Kier molecular flexibility index (Phi) is 4.00. The van der Waals surface area contributed by atoms with Gasteiger partial charge in [-0.15, -0.1) is 0 Å². The molecule has 2 heterocycles. The second-order valence-corrected chi connectivity index (χ2v) is 7.38. The lowest BCUT2D eigenvalue weighted by atomic mass is 10.1. The molecule has 0 saturated heterocycles. The lowest BCUT2D eigenvalue weighted by Gasteiger charge is -2.25. The molecular weight excluding hydrogens is 395 g/mol. The number of nitrogens with one attached hydrogen (secondary N) is 1. The number of anilines is 2. The number of hydrogen-bond donors (Lipinski definition) is 1. The molecule has 1 atom stereocenters. The highest BCUT2D eigenvalue weighted by Gasteiger charge is 2.34. The maximum Gasteiger partial charge on any atom is 0.281 e. The van der Waals surface area contributed by atoms with Crippen LogP contribution in [0.4, 0.5) is 11.6 Å². The molecular formula is C21H14Cl2N4O. The lowest BCUT2D eigenvalue weighted by molar-refractivity contribution is 0.767. The fourth-order valence-corrected chi connectivity index (χ4v) is 3.76. The van der Waals surface area contributed by atoms with Crippen LogP contribution in [0.5, 0.6) is 0 Å². The Morgan fingerprint density at radius 2 is 1.68 bits per heavy atom. The van der Waals surface area contributed by atoms with Crippen LogP contribution in [0.2, 0.25) is 10.0 Å². The molecule has 4 aromatic rings. The van der Waals surface area contributed by atoms with E-state index in [1.807, 2.05) is 71.6 Å². The van der Waals surface area contributed by atoms with Crippen molar-refractivity contribution in [1.29, 1.82) is 0 Å². The van der Waals surface area contributed by atoms with Crippen LogP contribution in [0.3, 0.4) is 0 Å². The number of para-hydroxylation sites is 1. The van der Waals surface area contributed by atoms with Gasteiger partial charge in [0.1, 0.15) is 6.17 Å². The molecule has 1 aliphatic heterocycles. The van der Waals surface area contributed by atoms with E-state index in [0.29, 0.717) is 26.9 Å². The first-order valence-corrected chi connectivity index (χ1v) is 9.46. The molecule has 1 aliphatic rings. The summed E-state index contributed by atoms with van der Waals surface area (Å²) >= 11 is 12.3. The van der Waals surface area contributed by atoms with E-state index in [1.54, 1.807) is 6.07 Å². The maximum atomic E-state index is 13.1. The minimum absolute atomic E-state index is 0.149. The van der Waals surface area contributed by atoms with Gasteiger partial charge >= 0.3 is 0 Å². The Balaban J connectivity index is 1.76. The number of halogens is 2. The third kappa shape index (κ3) is 2.71. The van der Waals surface area contributed by atoms with Crippen LogP contribution in [-0.2, 0) is 0 Å². The molecule has 0 amide bonds. The summed E-state index contributed by atoms with van der Waals surface area (Å²) in [4.78, 5) is 19.8. The summed E-state index contributed by atoms with van der Waals surface area (Å²) in [5.41, 5.74) is 5.54. The predicted molar refractivity (Wildman–Crippen MR) is 113 cm³/mol. The highest BCUT2D eigenvalue weighted by atomic mass is 35.5. The van der Waals surface area contributed by atoms with Crippen molar-refractivity contribution in [2.24, 2.45) is 0 Å². The highest BCUT2D eigenvalue weighted by Crippen LogP contribution is 2.38. The number of rotatable bonds is 2. The normalized spacial score (nSPS) is 15.5. The fraction of sp³-hybridized carbons (Fsp3) is 0.0476. The third-order valence-corrected chi connectivity index (χ3v) is 5.24. The smallest absolute Gasteiger partial charge is 0.281 e. The number of aromatic nitrogens is 2. The number of hydrogen-bond acceptors (Lipinski definition) is 4. The van der Waals surface area contributed by atoms with Crippen LogP contribution >= 0.6 is 23.2 Å². The zero-order valence-electron chi connectivity index (χ0n) is 14.5. The Hall–Kier alpha value is -3.02. The van der Waals surface area contributed by atoms with Gasteiger partial charge in [-0.25, -0.2) is 4.98 Å². The van der Waals surface area contributed by atoms with Gasteiger partial charge in [-0.2, -0.15) is 4.68 Å². The van der Waals surface area contributed by atoms with Crippen molar-refractivity contribution in [1.82, 2.24) is 9.66 Å². The van der Waals surface area contributed by atoms with Crippen LogP contribution in [0.25, 0.3) is 10.9 Å². The van der Waals surface area contributed by atoms with Gasteiger partial charge < -0.3 is 0 Å². The first-order valence-electron chi connectivity index (χ1n) is 8.70.